The third kappa shape index (κ3) is 3.19. The van der Waals surface area contributed by atoms with Crippen LogP contribution in [0.1, 0.15) is 35.7 Å². The monoisotopic (exact) mass is 354 g/mol. The fourth-order valence-electron chi connectivity index (χ4n) is 1.72. The van der Waals surface area contributed by atoms with Crippen LogP contribution in [0.2, 0.25) is 0 Å². The van der Waals surface area contributed by atoms with Crippen molar-refractivity contribution < 1.29 is 4.79 Å². The molecule has 0 aliphatic heterocycles. The van der Waals surface area contributed by atoms with Crippen molar-refractivity contribution in [1.82, 2.24) is 9.78 Å². The number of benzene rings is 1. The fourth-order valence-corrected chi connectivity index (χ4v) is 2.16. The van der Waals surface area contributed by atoms with Gasteiger partial charge in [-0.2, -0.15) is 5.10 Å². The Morgan fingerprint density at radius 3 is 2.50 bits per heavy atom. The predicted molar refractivity (Wildman–Crippen MR) is 79.8 cm³/mol. The molecule has 0 radical (unpaired) electrons. The molecule has 1 heterocycles. The number of aromatic nitrogens is 2. The summed E-state index contributed by atoms with van der Waals surface area (Å²) in [5.41, 5.74) is 1.99. The van der Waals surface area contributed by atoms with E-state index in [0.717, 1.165) is 9.13 Å². The van der Waals surface area contributed by atoms with Gasteiger partial charge in [0.25, 0.3) is 0 Å². The summed E-state index contributed by atoms with van der Waals surface area (Å²) >= 11 is 2.18. The van der Waals surface area contributed by atoms with Gasteiger partial charge in [-0.15, -0.1) is 0 Å². The van der Waals surface area contributed by atoms with Crippen LogP contribution in [0, 0.1) is 3.57 Å². The largest absolute Gasteiger partial charge is 0.292 e. The fraction of sp³-hybridized carbons (Fsp3) is 0.286. The SMILES string of the molecule is CC(C)c1ccc(C(=O)Cn2cc(I)cn2)cc1. The number of ketones is 1. The van der Waals surface area contributed by atoms with Crippen molar-refractivity contribution in [1.29, 1.82) is 0 Å². The van der Waals surface area contributed by atoms with E-state index in [1.807, 2.05) is 30.5 Å². The van der Waals surface area contributed by atoms with Crippen LogP contribution in [0.25, 0.3) is 0 Å². The lowest BCUT2D eigenvalue weighted by atomic mass is 10.0. The van der Waals surface area contributed by atoms with Crippen molar-refractivity contribution in [3.63, 3.8) is 0 Å². The van der Waals surface area contributed by atoms with Crippen LogP contribution in [0.3, 0.4) is 0 Å². The Balaban J connectivity index is 2.09. The highest BCUT2D eigenvalue weighted by atomic mass is 127. The minimum atomic E-state index is 0.0878. The first-order valence-electron chi connectivity index (χ1n) is 5.87. The van der Waals surface area contributed by atoms with Crippen LogP contribution >= 0.6 is 22.6 Å². The highest BCUT2D eigenvalue weighted by Crippen LogP contribution is 2.15. The molecule has 2 aromatic rings. The maximum Gasteiger partial charge on any atom is 0.184 e. The zero-order chi connectivity index (χ0) is 13.1. The number of carbonyl (C=O) groups excluding carboxylic acids is 1. The first kappa shape index (κ1) is 13.3. The first-order chi connectivity index (χ1) is 8.56. The second-order valence-electron chi connectivity index (χ2n) is 4.56. The molecule has 0 atom stereocenters. The Morgan fingerprint density at radius 1 is 1.33 bits per heavy atom. The van der Waals surface area contributed by atoms with E-state index in [4.69, 9.17) is 0 Å². The highest BCUT2D eigenvalue weighted by molar-refractivity contribution is 14.1. The van der Waals surface area contributed by atoms with Crippen molar-refractivity contribution in [2.45, 2.75) is 26.3 Å². The Morgan fingerprint density at radius 2 is 2.00 bits per heavy atom. The molecule has 1 aromatic heterocycles. The zero-order valence-electron chi connectivity index (χ0n) is 10.4. The number of hydrogen-bond donors (Lipinski definition) is 0. The topological polar surface area (TPSA) is 34.9 Å². The molecule has 0 saturated heterocycles. The van der Waals surface area contributed by atoms with Gasteiger partial charge in [-0.1, -0.05) is 38.1 Å². The van der Waals surface area contributed by atoms with Crippen LogP contribution in [-0.2, 0) is 6.54 Å². The molecule has 0 spiro atoms. The summed E-state index contributed by atoms with van der Waals surface area (Å²) in [4.78, 5) is 12.0. The zero-order valence-corrected chi connectivity index (χ0v) is 12.6. The van der Waals surface area contributed by atoms with E-state index in [2.05, 4.69) is 41.5 Å². The second kappa shape index (κ2) is 5.65. The average molecular weight is 354 g/mol. The third-order valence-corrected chi connectivity index (χ3v) is 3.36. The van der Waals surface area contributed by atoms with Crippen molar-refractivity contribution >= 4 is 28.4 Å². The van der Waals surface area contributed by atoms with Crippen LogP contribution in [0.5, 0.6) is 0 Å². The Hall–Kier alpha value is -1.17. The minimum absolute atomic E-state index is 0.0878. The van der Waals surface area contributed by atoms with E-state index >= 15 is 0 Å². The normalized spacial score (nSPS) is 10.9. The summed E-state index contributed by atoms with van der Waals surface area (Å²) in [7, 11) is 0. The van der Waals surface area contributed by atoms with Gasteiger partial charge < -0.3 is 0 Å². The van der Waals surface area contributed by atoms with Gasteiger partial charge in [0.2, 0.25) is 0 Å². The van der Waals surface area contributed by atoms with E-state index < -0.39 is 0 Å². The smallest absolute Gasteiger partial charge is 0.184 e. The van der Waals surface area contributed by atoms with Gasteiger partial charge in [-0.3, -0.25) is 9.48 Å². The number of nitrogens with zero attached hydrogens (tertiary/aromatic N) is 2. The Kier molecular flexibility index (Phi) is 4.16. The van der Waals surface area contributed by atoms with Crippen molar-refractivity contribution in [3.05, 3.63) is 51.4 Å². The average Bonchev–Trinajstić information content (AvgIpc) is 2.75. The molecular formula is C14H15IN2O. The van der Waals surface area contributed by atoms with E-state index in [-0.39, 0.29) is 5.78 Å². The van der Waals surface area contributed by atoms with Gasteiger partial charge in [0, 0.05) is 11.8 Å². The van der Waals surface area contributed by atoms with Crippen LogP contribution in [0.4, 0.5) is 0 Å². The summed E-state index contributed by atoms with van der Waals surface area (Å²) < 4.78 is 2.70. The lowest BCUT2D eigenvalue weighted by molar-refractivity contribution is 0.0967. The summed E-state index contributed by atoms with van der Waals surface area (Å²) in [5, 5.41) is 4.12. The predicted octanol–water partition coefficient (Wildman–Crippen LogP) is 3.49. The molecule has 0 aliphatic carbocycles. The number of rotatable bonds is 4. The molecule has 0 bridgehead atoms. The molecule has 0 saturated carbocycles. The molecule has 4 heteroatoms. The van der Waals surface area contributed by atoms with E-state index in [9.17, 15) is 4.79 Å². The number of hydrogen-bond acceptors (Lipinski definition) is 2. The maximum atomic E-state index is 12.0. The van der Waals surface area contributed by atoms with Crippen LogP contribution in [-0.4, -0.2) is 15.6 Å². The molecule has 94 valence electrons. The molecule has 0 unspecified atom stereocenters. The van der Waals surface area contributed by atoms with E-state index in [0.29, 0.717) is 12.5 Å². The van der Waals surface area contributed by atoms with Crippen molar-refractivity contribution in [2.75, 3.05) is 0 Å². The molecule has 18 heavy (non-hydrogen) atoms. The van der Waals surface area contributed by atoms with Crippen LogP contribution < -0.4 is 0 Å². The number of halogens is 1. The van der Waals surface area contributed by atoms with Crippen LogP contribution in [0.15, 0.2) is 36.7 Å². The Bertz CT molecular complexity index is 543. The van der Waals surface area contributed by atoms with Gasteiger partial charge in [0.05, 0.1) is 9.77 Å². The maximum absolute atomic E-state index is 12.0. The summed E-state index contributed by atoms with van der Waals surface area (Å²) in [6.45, 7) is 4.58. The molecular weight excluding hydrogens is 339 g/mol. The van der Waals surface area contributed by atoms with Crippen molar-refractivity contribution in [3.8, 4) is 0 Å². The molecule has 3 nitrogen and oxygen atoms in total. The first-order valence-corrected chi connectivity index (χ1v) is 6.95. The van der Waals surface area contributed by atoms with Gasteiger partial charge >= 0.3 is 0 Å². The highest BCUT2D eigenvalue weighted by Gasteiger charge is 2.08. The summed E-state index contributed by atoms with van der Waals surface area (Å²) in [5.74, 6) is 0.576. The minimum Gasteiger partial charge on any atom is -0.292 e. The van der Waals surface area contributed by atoms with E-state index in [1.54, 1.807) is 10.9 Å². The molecule has 1 aromatic carbocycles. The molecule has 0 aliphatic rings. The third-order valence-electron chi connectivity index (χ3n) is 2.81. The van der Waals surface area contributed by atoms with Gasteiger partial charge in [0.15, 0.2) is 5.78 Å². The molecule has 0 amide bonds. The number of Topliss-reactive ketones (excluding diaryl/α,β-unsaturated/α-hetero) is 1. The second-order valence-corrected chi connectivity index (χ2v) is 5.80. The lowest BCUT2D eigenvalue weighted by Crippen LogP contribution is -2.10. The van der Waals surface area contributed by atoms with Gasteiger partial charge in [-0.25, -0.2) is 0 Å². The Labute approximate surface area is 120 Å². The lowest BCUT2D eigenvalue weighted by Gasteiger charge is -2.06. The number of carbonyl (C=O) groups is 1. The quantitative estimate of drug-likeness (QED) is 0.622. The molecule has 2 rings (SSSR count). The summed E-state index contributed by atoms with van der Waals surface area (Å²) in [6.07, 6.45) is 3.61. The van der Waals surface area contributed by atoms with Gasteiger partial charge in [-0.05, 0) is 34.1 Å². The van der Waals surface area contributed by atoms with E-state index in [1.165, 1.54) is 5.56 Å². The molecule has 0 N–H and O–H groups in total. The van der Waals surface area contributed by atoms with Crippen molar-refractivity contribution in [2.24, 2.45) is 0 Å². The summed E-state index contributed by atoms with van der Waals surface area (Å²) in [6, 6.07) is 7.83. The van der Waals surface area contributed by atoms with Gasteiger partial charge in [0.1, 0.15) is 6.54 Å². The standard InChI is InChI=1S/C14H15IN2O/c1-10(2)11-3-5-12(6-4-11)14(18)9-17-8-13(15)7-16-17/h3-8,10H,9H2,1-2H3. The molecule has 0 fully saturated rings.